The van der Waals surface area contributed by atoms with E-state index in [1.165, 1.54) is 0 Å². The average molecular weight is 224 g/mol. The van der Waals surface area contributed by atoms with Crippen molar-refractivity contribution in [3.8, 4) is 0 Å². The van der Waals surface area contributed by atoms with Gasteiger partial charge in [0.1, 0.15) is 5.15 Å². The summed E-state index contributed by atoms with van der Waals surface area (Å²) in [7, 11) is 0. The predicted octanol–water partition coefficient (Wildman–Crippen LogP) is 2.88. The first kappa shape index (κ1) is 8.08. The van der Waals surface area contributed by atoms with Gasteiger partial charge in [0.05, 0.1) is 10.7 Å². The van der Waals surface area contributed by atoms with Crippen molar-refractivity contribution < 1.29 is 0 Å². The average Bonchev–Trinajstić information content (AvgIpc) is 2.14. The highest BCUT2D eigenvalue weighted by Gasteiger charge is 2.07. The van der Waals surface area contributed by atoms with E-state index < -0.39 is 0 Å². The van der Waals surface area contributed by atoms with Crippen LogP contribution in [0.15, 0.2) is 10.7 Å². The highest BCUT2D eigenvalue weighted by Crippen LogP contribution is 2.23. The van der Waals surface area contributed by atoms with Gasteiger partial charge in [0, 0.05) is 6.04 Å². The van der Waals surface area contributed by atoms with Gasteiger partial charge < -0.3 is 0 Å². The number of rotatable bonds is 1. The van der Waals surface area contributed by atoms with Crippen LogP contribution >= 0.6 is 27.5 Å². The molecule has 0 saturated carbocycles. The molecule has 0 atom stereocenters. The molecule has 0 radical (unpaired) electrons. The zero-order chi connectivity index (χ0) is 7.72. The summed E-state index contributed by atoms with van der Waals surface area (Å²) in [5.41, 5.74) is 0. The van der Waals surface area contributed by atoms with Gasteiger partial charge in [-0.3, -0.25) is 4.68 Å². The van der Waals surface area contributed by atoms with Gasteiger partial charge in [0.2, 0.25) is 0 Å². The van der Waals surface area contributed by atoms with E-state index in [1.807, 2.05) is 13.8 Å². The first-order valence-electron chi connectivity index (χ1n) is 3.01. The van der Waals surface area contributed by atoms with Crippen LogP contribution in [0.25, 0.3) is 0 Å². The number of halogens is 2. The molecule has 0 bridgehead atoms. The van der Waals surface area contributed by atoms with E-state index >= 15 is 0 Å². The van der Waals surface area contributed by atoms with Crippen LogP contribution in [0.1, 0.15) is 19.9 Å². The molecule has 1 aromatic heterocycles. The summed E-state index contributed by atoms with van der Waals surface area (Å²) < 4.78 is 2.61. The van der Waals surface area contributed by atoms with Crippen LogP contribution in [-0.4, -0.2) is 9.78 Å². The number of aromatic nitrogens is 2. The van der Waals surface area contributed by atoms with Crippen LogP contribution in [0.2, 0.25) is 5.15 Å². The number of hydrogen-bond acceptors (Lipinski definition) is 1. The highest BCUT2D eigenvalue weighted by atomic mass is 79.9. The Kier molecular flexibility index (Phi) is 2.36. The van der Waals surface area contributed by atoms with Crippen molar-refractivity contribution in [1.82, 2.24) is 9.78 Å². The van der Waals surface area contributed by atoms with Crippen molar-refractivity contribution in [2.45, 2.75) is 19.9 Å². The Balaban J connectivity index is 3.05. The highest BCUT2D eigenvalue weighted by molar-refractivity contribution is 9.10. The lowest BCUT2D eigenvalue weighted by Gasteiger charge is -2.05. The first-order valence-corrected chi connectivity index (χ1v) is 4.18. The zero-order valence-electron chi connectivity index (χ0n) is 5.81. The van der Waals surface area contributed by atoms with Gasteiger partial charge in [-0.15, -0.1) is 0 Å². The molecule has 1 aromatic rings. The van der Waals surface area contributed by atoms with Crippen molar-refractivity contribution in [3.63, 3.8) is 0 Å². The van der Waals surface area contributed by atoms with Gasteiger partial charge in [-0.25, -0.2) is 0 Å². The minimum absolute atomic E-state index is 0.318. The Bertz CT molecular complexity index is 232. The third-order valence-corrected chi connectivity index (χ3v) is 2.37. The van der Waals surface area contributed by atoms with Gasteiger partial charge in [0.25, 0.3) is 0 Å². The third kappa shape index (κ3) is 1.35. The molecule has 0 fully saturated rings. The molecular formula is C6H8BrClN2. The Hall–Kier alpha value is -0.0200. The third-order valence-electron chi connectivity index (χ3n) is 1.18. The van der Waals surface area contributed by atoms with E-state index in [2.05, 4.69) is 21.0 Å². The van der Waals surface area contributed by atoms with E-state index in [4.69, 9.17) is 11.6 Å². The fourth-order valence-corrected chi connectivity index (χ4v) is 1.25. The minimum Gasteiger partial charge on any atom is -0.250 e. The summed E-state index contributed by atoms with van der Waals surface area (Å²) in [5, 5.41) is 4.71. The largest absolute Gasteiger partial charge is 0.250 e. The fraction of sp³-hybridized carbons (Fsp3) is 0.500. The van der Waals surface area contributed by atoms with Crippen LogP contribution in [0.3, 0.4) is 0 Å². The summed E-state index contributed by atoms with van der Waals surface area (Å²) in [4.78, 5) is 0. The first-order chi connectivity index (χ1) is 4.63. The molecule has 10 heavy (non-hydrogen) atoms. The molecular weight excluding hydrogens is 215 g/mol. The SMILES string of the molecule is CC(C)n1ncc(Br)c1Cl. The minimum atomic E-state index is 0.318. The second kappa shape index (κ2) is 2.93. The molecule has 1 rings (SSSR count). The maximum atomic E-state index is 5.86. The van der Waals surface area contributed by atoms with Crippen molar-refractivity contribution in [2.24, 2.45) is 0 Å². The van der Waals surface area contributed by atoms with Gasteiger partial charge in [-0.1, -0.05) is 11.6 Å². The predicted molar refractivity (Wildman–Crippen MR) is 45.3 cm³/mol. The molecule has 2 nitrogen and oxygen atoms in total. The molecule has 0 N–H and O–H groups in total. The van der Waals surface area contributed by atoms with Crippen LogP contribution < -0.4 is 0 Å². The van der Waals surface area contributed by atoms with Crippen molar-refractivity contribution >= 4 is 27.5 Å². The standard InChI is InChI=1S/C6H8BrClN2/c1-4(2)10-6(8)5(7)3-9-10/h3-4H,1-2H3. The van der Waals surface area contributed by atoms with Crippen LogP contribution in [0.4, 0.5) is 0 Å². The van der Waals surface area contributed by atoms with Gasteiger partial charge >= 0.3 is 0 Å². The number of nitrogens with zero attached hydrogens (tertiary/aromatic N) is 2. The molecule has 0 aliphatic carbocycles. The lowest BCUT2D eigenvalue weighted by molar-refractivity contribution is 0.533. The van der Waals surface area contributed by atoms with E-state index in [-0.39, 0.29) is 0 Å². The Morgan fingerprint density at radius 3 is 2.50 bits per heavy atom. The molecule has 0 saturated heterocycles. The second-order valence-electron chi connectivity index (χ2n) is 2.32. The zero-order valence-corrected chi connectivity index (χ0v) is 8.15. The van der Waals surface area contributed by atoms with Gasteiger partial charge in [-0.05, 0) is 29.8 Å². The summed E-state index contributed by atoms with van der Waals surface area (Å²) in [5.74, 6) is 0. The van der Waals surface area contributed by atoms with E-state index in [1.54, 1.807) is 10.9 Å². The second-order valence-corrected chi connectivity index (χ2v) is 3.53. The van der Waals surface area contributed by atoms with Gasteiger partial charge in [0.15, 0.2) is 0 Å². The maximum absolute atomic E-state index is 5.86. The quantitative estimate of drug-likeness (QED) is 0.716. The molecule has 0 spiro atoms. The molecule has 0 aromatic carbocycles. The lowest BCUT2D eigenvalue weighted by Crippen LogP contribution is -2.01. The summed E-state index contributed by atoms with van der Waals surface area (Å²) in [6.45, 7) is 4.07. The van der Waals surface area contributed by atoms with E-state index in [0.717, 1.165) is 4.47 Å². The molecule has 0 aliphatic heterocycles. The van der Waals surface area contributed by atoms with E-state index in [9.17, 15) is 0 Å². The van der Waals surface area contributed by atoms with Crippen molar-refractivity contribution in [3.05, 3.63) is 15.8 Å². The molecule has 56 valence electrons. The number of hydrogen-bond donors (Lipinski definition) is 0. The summed E-state index contributed by atoms with van der Waals surface area (Å²) in [6, 6.07) is 0.318. The molecule has 0 unspecified atom stereocenters. The normalized spacial score (nSPS) is 10.9. The Morgan fingerprint density at radius 1 is 1.70 bits per heavy atom. The fourth-order valence-electron chi connectivity index (χ4n) is 0.686. The Labute approximate surface area is 73.3 Å². The van der Waals surface area contributed by atoms with Crippen LogP contribution in [0, 0.1) is 0 Å². The molecule has 4 heteroatoms. The van der Waals surface area contributed by atoms with Crippen molar-refractivity contribution in [1.29, 1.82) is 0 Å². The Morgan fingerprint density at radius 2 is 2.30 bits per heavy atom. The molecule has 1 heterocycles. The smallest absolute Gasteiger partial charge is 0.141 e. The lowest BCUT2D eigenvalue weighted by atomic mass is 10.4. The monoisotopic (exact) mass is 222 g/mol. The molecule has 0 aliphatic rings. The van der Waals surface area contributed by atoms with Crippen LogP contribution in [-0.2, 0) is 0 Å². The maximum Gasteiger partial charge on any atom is 0.141 e. The topological polar surface area (TPSA) is 17.8 Å². The summed E-state index contributed by atoms with van der Waals surface area (Å²) in [6.07, 6.45) is 1.70. The molecule has 0 amide bonds. The van der Waals surface area contributed by atoms with E-state index in [0.29, 0.717) is 11.2 Å². The summed E-state index contributed by atoms with van der Waals surface area (Å²) >= 11 is 9.13. The van der Waals surface area contributed by atoms with Crippen molar-refractivity contribution in [2.75, 3.05) is 0 Å². The van der Waals surface area contributed by atoms with Crippen LogP contribution in [0.5, 0.6) is 0 Å². The van der Waals surface area contributed by atoms with Gasteiger partial charge in [-0.2, -0.15) is 5.10 Å².